The number of aryl methyl sites for hydroxylation is 1. The van der Waals surface area contributed by atoms with E-state index in [1.54, 1.807) is 24.3 Å². The van der Waals surface area contributed by atoms with Crippen molar-refractivity contribution in [2.75, 3.05) is 17.7 Å². The van der Waals surface area contributed by atoms with Crippen LogP contribution in [0.25, 0.3) is 0 Å². The Hall–Kier alpha value is -3.88. The number of hydrogen-bond acceptors (Lipinski definition) is 5. The molecule has 0 radical (unpaired) electrons. The van der Waals surface area contributed by atoms with E-state index in [1.165, 1.54) is 7.11 Å². The van der Waals surface area contributed by atoms with Crippen molar-refractivity contribution in [3.8, 4) is 5.75 Å². The van der Waals surface area contributed by atoms with Crippen LogP contribution in [0.5, 0.6) is 5.75 Å². The number of nitrogens with zero attached hydrogens (tertiary/aromatic N) is 2. The SMILES string of the molecule is COc1ccccc1NC(=O)CC1N=C(/N=C(\N)Nc2cccc(C)c2)NC1=O. The summed E-state index contributed by atoms with van der Waals surface area (Å²) in [6.07, 6.45) is -0.131. The van der Waals surface area contributed by atoms with E-state index in [-0.39, 0.29) is 24.2 Å². The Kier molecular flexibility index (Phi) is 6.08. The number of nitrogens with two attached hydrogens (primary N) is 1. The van der Waals surface area contributed by atoms with Gasteiger partial charge in [0, 0.05) is 5.69 Å². The average Bonchev–Trinajstić information content (AvgIpc) is 3.00. The third-order valence-electron chi connectivity index (χ3n) is 4.09. The summed E-state index contributed by atoms with van der Waals surface area (Å²) in [4.78, 5) is 32.6. The van der Waals surface area contributed by atoms with Gasteiger partial charge in [0.15, 0.2) is 0 Å². The normalized spacial score (nSPS) is 16.1. The van der Waals surface area contributed by atoms with Crippen LogP contribution in [-0.2, 0) is 9.59 Å². The number of amides is 2. The lowest BCUT2D eigenvalue weighted by Crippen LogP contribution is -2.32. The molecule has 1 atom stereocenters. The molecule has 1 aliphatic heterocycles. The second kappa shape index (κ2) is 8.87. The van der Waals surface area contributed by atoms with Gasteiger partial charge in [-0.25, -0.2) is 4.99 Å². The molecule has 5 N–H and O–H groups in total. The van der Waals surface area contributed by atoms with Gasteiger partial charge in [-0.3, -0.25) is 14.9 Å². The van der Waals surface area contributed by atoms with Gasteiger partial charge >= 0.3 is 0 Å². The molecule has 9 nitrogen and oxygen atoms in total. The number of carbonyl (C=O) groups excluding carboxylic acids is 2. The number of para-hydroxylation sites is 2. The second-order valence-electron chi connectivity index (χ2n) is 6.40. The third-order valence-corrected chi connectivity index (χ3v) is 4.09. The highest BCUT2D eigenvalue weighted by Gasteiger charge is 2.29. The lowest BCUT2D eigenvalue weighted by atomic mass is 10.2. The van der Waals surface area contributed by atoms with E-state index >= 15 is 0 Å². The van der Waals surface area contributed by atoms with E-state index in [0.29, 0.717) is 11.4 Å². The molecule has 3 rings (SSSR count). The van der Waals surface area contributed by atoms with E-state index in [1.807, 2.05) is 31.2 Å². The maximum Gasteiger partial charge on any atom is 0.252 e. The van der Waals surface area contributed by atoms with Crippen molar-refractivity contribution < 1.29 is 14.3 Å². The fraction of sp³-hybridized carbons (Fsp3) is 0.200. The minimum absolute atomic E-state index is 0.0581. The predicted molar refractivity (Wildman–Crippen MR) is 112 cm³/mol. The van der Waals surface area contributed by atoms with Crippen LogP contribution in [0.4, 0.5) is 11.4 Å². The zero-order valence-corrected chi connectivity index (χ0v) is 16.1. The molecule has 150 valence electrons. The van der Waals surface area contributed by atoms with E-state index in [0.717, 1.165) is 11.3 Å². The number of hydrogen-bond donors (Lipinski definition) is 4. The monoisotopic (exact) mass is 394 g/mol. The molecule has 2 aromatic carbocycles. The lowest BCUT2D eigenvalue weighted by Gasteiger charge is -2.10. The molecular formula is C20H22N6O3. The van der Waals surface area contributed by atoms with Gasteiger partial charge in [-0.1, -0.05) is 24.3 Å². The molecule has 0 bridgehead atoms. The summed E-state index contributed by atoms with van der Waals surface area (Å²) < 4.78 is 5.19. The maximum atomic E-state index is 12.3. The number of anilines is 2. The highest BCUT2D eigenvalue weighted by molar-refractivity contribution is 6.11. The van der Waals surface area contributed by atoms with Crippen LogP contribution in [0, 0.1) is 6.92 Å². The first kappa shape index (κ1) is 19.9. The zero-order chi connectivity index (χ0) is 20.8. The molecule has 1 unspecified atom stereocenters. The molecule has 1 aliphatic rings. The number of methoxy groups -OCH3 is 1. The molecule has 0 aromatic heterocycles. The van der Waals surface area contributed by atoms with Crippen LogP contribution >= 0.6 is 0 Å². The number of nitrogens with one attached hydrogen (secondary N) is 3. The van der Waals surface area contributed by atoms with Crippen molar-refractivity contribution in [3.05, 3.63) is 54.1 Å². The van der Waals surface area contributed by atoms with Gasteiger partial charge in [0.2, 0.25) is 17.8 Å². The van der Waals surface area contributed by atoms with Gasteiger partial charge in [-0.2, -0.15) is 4.99 Å². The van der Waals surface area contributed by atoms with Crippen molar-refractivity contribution in [3.63, 3.8) is 0 Å². The van der Waals surface area contributed by atoms with Gasteiger partial charge in [-0.15, -0.1) is 0 Å². The molecule has 0 saturated heterocycles. The van der Waals surface area contributed by atoms with E-state index in [9.17, 15) is 9.59 Å². The topological polar surface area (TPSA) is 130 Å². The smallest absolute Gasteiger partial charge is 0.252 e. The van der Waals surface area contributed by atoms with E-state index < -0.39 is 11.9 Å². The third kappa shape index (κ3) is 5.32. The molecule has 2 amide bonds. The summed E-state index contributed by atoms with van der Waals surface area (Å²) in [5.74, 6) is -0.117. The Bertz CT molecular complexity index is 986. The van der Waals surface area contributed by atoms with Crippen LogP contribution < -0.4 is 26.4 Å². The van der Waals surface area contributed by atoms with Gasteiger partial charge < -0.3 is 21.1 Å². The quantitative estimate of drug-likeness (QED) is 0.452. The Labute approximate surface area is 168 Å². The molecule has 9 heteroatoms. The number of aliphatic imine (C=N–C) groups is 2. The van der Waals surface area contributed by atoms with Crippen LogP contribution in [0.3, 0.4) is 0 Å². The van der Waals surface area contributed by atoms with Crippen LogP contribution in [0.1, 0.15) is 12.0 Å². The Morgan fingerprint density at radius 2 is 2.03 bits per heavy atom. The Morgan fingerprint density at radius 3 is 2.79 bits per heavy atom. The van der Waals surface area contributed by atoms with Crippen LogP contribution in [-0.4, -0.2) is 36.9 Å². The van der Waals surface area contributed by atoms with Gasteiger partial charge in [-0.05, 0) is 36.8 Å². The van der Waals surface area contributed by atoms with Crippen molar-refractivity contribution >= 4 is 35.1 Å². The summed E-state index contributed by atoms with van der Waals surface area (Å²) in [7, 11) is 1.51. The highest BCUT2D eigenvalue weighted by atomic mass is 16.5. The van der Waals surface area contributed by atoms with Crippen molar-refractivity contribution in [1.82, 2.24) is 5.32 Å². The van der Waals surface area contributed by atoms with Crippen LogP contribution in [0.15, 0.2) is 58.5 Å². The fourth-order valence-corrected chi connectivity index (χ4v) is 2.76. The molecule has 0 aliphatic carbocycles. The van der Waals surface area contributed by atoms with Gasteiger partial charge in [0.1, 0.15) is 11.8 Å². The van der Waals surface area contributed by atoms with E-state index in [2.05, 4.69) is 25.9 Å². The molecule has 1 heterocycles. The largest absolute Gasteiger partial charge is 0.495 e. The minimum atomic E-state index is -0.879. The minimum Gasteiger partial charge on any atom is -0.495 e. The Morgan fingerprint density at radius 1 is 1.24 bits per heavy atom. The maximum absolute atomic E-state index is 12.3. The van der Waals surface area contributed by atoms with Crippen molar-refractivity contribution in [1.29, 1.82) is 0 Å². The first-order valence-electron chi connectivity index (χ1n) is 8.94. The molecule has 2 aromatic rings. The molecule has 0 spiro atoms. The molecule has 0 saturated carbocycles. The molecular weight excluding hydrogens is 372 g/mol. The summed E-state index contributed by atoms with van der Waals surface area (Å²) in [6.45, 7) is 1.96. The molecule has 29 heavy (non-hydrogen) atoms. The van der Waals surface area contributed by atoms with Gasteiger partial charge in [0.05, 0.1) is 19.2 Å². The summed E-state index contributed by atoms with van der Waals surface area (Å²) in [5, 5.41) is 8.17. The summed E-state index contributed by atoms with van der Waals surface area (Å²) in [5.41, 5.74) is 8.23. The predicted octanol–water partition coefficient (Wildman–Crippen LogP) is 1.61. The highest BCUT2D eigenvalue weighted by Crippen LogP contribution is 2.23. The fourth-order valence-electron chi connectivity index (χ4n) is 2.76. The number of carbonyl (C=O) groups is 2. The standard InChI is InChI=1S/C20H22N6O3/c1-12-6-5-7-13(10-12)22-19(21)26-20-24-15(18(28)25-20)11-17(27)23-14-8-3-4-9-16(14)29-2/h3-10,15H,11H2,1-2H3,(H,23,27)(H4,21,22,24,25,26,28). The number of ether oxygens (including phenoxy) is 1. The average molecular weight is 394 g/mol. The van der Waals surface area contributed by atoms with Crippen molar-refractivity contribution in [2.45, 2.75) is 19.4 Å². The second-order valence-corrected chi connectivity index (χ2v) is 6.40. The molecule has 0 fully saturated rings. The number of guanidine groups is 2. The van der Waals surface area contributed by atoms with E-state index in [4.69, 9.17) is 10.5 Å². The lowest BCUT2D eigenvalue weighted by molar-refractivity contribution is -0.123. The summed E-state index contributed by atoms with van der Waals surface area (Å²) in [6, 6.07) is 13.7. The first-order chi connectivity index (χ1) is 13.9. The van der Waals surface area contributed by atoms with Crippen LogP contribution in [0.2, 0.25) is 0 Å². The number of rotatable bonds is 5. The number of benzene rings is 2. The van der Waals surface area contributed by atoms with Crippen molar-refractivity contribution in [2.24, 2.45) is 15.7 Å². The Balaban J connectivity index is 1.62. The van der Waals surface area contributed by atoms with Gasteiger partial charge in [0.25, 0.3) is 5.91 Å². The first-order valence-corrected chi connectivity index (χ1v) is 8.94. The summed E-state index contributed by atoms with van der Waals surface area (Å²) >= 11 is 0. The zero-order valence-electron chi connectivity index (χ0n) is 16.1.